The van der Waals surface area contributed by atoms with Crippen LogP contribution in [0.2, 0.25) is 0 Å². The minimum absolute atomic E-state index is 0.138. The van der Waals surface area contributed by atoms with E-state index in [2.05, 4.69) is 45.1 Å². The molecule has 0 radical (unpaired) electrons. The summed E-state index contributed by atoms with van der Waals surface area (Å²) in [6.07, 6.45) is 0. The standard InChI is InChI=1S/C14H21NO/c1-9-6-10-12(15-5)8-16-13(10)11(7-9)14(2,3)4/h6-7,12,15H,8H2,1-5H3. The number of nitrogens with one attached hydrogen (secondary N) is 1. The maximum Gasteiger partial charge on any atom is 0.128 e. The highest BCUT2D eigenvalue weighted by Crippen LogP contribution is 2.41. The van der Waals surface area contributed by atoms with Crippen LogP contribution in [-0.4, -0.2) is 13.7 Å². The van der Waals surface area contributed by atoms with Gasteiger partial charge in [-0.15, -0.1) is 0 Å². The average molecular weight is 219 g/mol. The number of benzene rings is 1. The highest BCUT2D eigenvalue weighted by Gasteiger charge is 2.29. The van der Waals surface area contributed by atoms with Crippen molar-refractivity contribution in [3.8, 4) is 5.75 Å². The lowest BCUT2D eigenvalue weighted by molar-refractivity contribution is 0.312. The number of ether oxygens (including phenoxy) is 1. The fourth-order valence-corrected chi connectivity index (χ4v) is 2.27. The summed E-state index contributed by atoms with van der Waals surface area (Å²) in [7, 11) is 1.99. The van der Waals surface area contributed by atoms with Crippen molar-refractivity contribution >= 4 is 0 Å². The van der Waals surface area contributed by atoms with Gasteiger partial charge in [0, 0.05) is 11.1 Å². The molecular weight excluding hydrogens is 198 g/mol. The molecule has 0 saturated carbocycles. The number of likely N-dealkylation sites (N-methyl/N-ethyl adjacent to an activating group) is 1. The molecule has 1 N–H and O–H groups in total. The van der Waals surface area contributed by atoms with Crippen molar-refractivity contribution in [2.75, 3.05) is 13.7 Å². The number of aryl methyl sites for hydroxylation is 1. The van der Waals surface area contributed by atoms with Crippen LogP contribution in [0.25, 0.3) is 0 Å². The SMILES string of the molecule is CNC1COc2c1cc(C)cc2C(C)(C)C. The first-order valence-corrected chi connectivity index (χ1v) is 5.88. The van der Waals surface area contributed by atoms with Gasteiger partial charge in [0.1, 0.15) is 12.4 Å². The molecule has 1 aromatic carbocycles. The maximum atomic E-state index is 5.85. The summed E-state index contributed by atoms with van der Waals surface area (Å²) < 4.78 is 5.85. The lowest BCUT2D eigenvalue weighted by Gasteiger charge is -2.22. The van der Waals surface area contributed by atoms with Gasteiger partial charge in [-0.2, -0.15) is 0 Å². The van der Waals surface area contributed by atoms with Crippen molar-refractivity contribution in [3.63, 3.8) is 0 Å². The van der Waals surface area contributed by atoms with Crippen LogP contribution >= 0.6 is 0 Å². The van der Waals surface area contributed by atoms with Crippen molar-refractivity contribution < 1.29 is 4.74 Å². The normalized spacial score (nSPS) is 19.4. The molecule has 0 amide bonds. The molecule has 0 bridgehead atoms. The second-order valence-electron chi connectivity index (χ2n) is 5.63. The molecule has 16 heavy (non-hydrogen) atoms. The van der Waals surface area contributed by atoms with Crippen LogP contribution in [-0.2, 0) is 5.41 Å². The summed E-state index contributed by atoms with van der Waals surface area (Å²) >= 11 is 0. The minimum atomic E-state index is 0.138. The molecule has 2 heteroatoms. The van der Waals surface area contributed by atoms with Gasteiger partial charge in [0.05, 0.1) is 6.04 Å². The molecule has 0 spiro atoms. The first kappa shape index (κ1) is 11.5. The lowest BCUT2D eigenvalue weighted by Crippen LogP contribution is -2.17. The van der Waals surface area contributed by atoms with E-state index in [1.54, 1.807) is 0 Å². The second kappa shape index (κ2) is 3.77. The first-order chi connectivity index (χ1) is 7.43. The van der Waals surface area contributed by atoms with Crippen LogP contribution < -0.4 is 10.1 Å². The van der Waals surface area contributed by atoms with E-state index in [0.717, 1.165) is 12.4 Å². The summed E-state index contributed by atoms with van der Waals surface area (Å²) in [5, 5.41) is 3.30. The summed E-state index contributed by atoms with van der Waals surface area (Å²) in [4.78, 5) is 0. The quantitative estimate of drug-likeness (QED) is 0.784. The van der Waals surface area contributed by atoms with Gasteiger partial charge in [0.2, 0.25) is 0 Å². The third-order valence-electron chi connectivity index (χ3n) is 3.19. The minimum Gasteiger partial charge on any atom is -0.491 e. The molecule has 1 heterocycles. The summed E-state index contributed by atoms with van der Waals surface area (Å²) in [6, 6.07) is 4.83. The molecule has 0 saturated heterocycles. The largest absolute Gasteiger partial charge is 0.491 e. The van der Waals surface area contributed by atoms with Crippen LogP contribution in [0.4, 0.5) is 0 Å². The number of hydrogen-bond acceptors (Lipinski definition) is 2. The zero-order chi connectivity index (χ0) is 11.9. The third kappa shape index (κ3) is 1.82. The van der Waals surface area contributed by atoms with Gasteiger partial charge >= 0.3 is 0 Å². The van der Waals surface area contributed by atoms with Crippen molar-refractivity contribution in [3.05, 3.63) is 28.8 Å². The molecular formula is C14H21NO. The topological polar surface area (TPSA) is 21.3 Å². The maximum absolute atomic E-state index is 5.85. The first-order valence-electron chi connectivity index (χ1n) is 5.88. The summed E-state index contributed by atoms with van der Waals surface area (Å²) in [5.41, 5.74) is 4.08. The molecule has 1 aliphatic heterocycles. The van der Waals surface area contributed by atoms with Gasteiger partial charge < -0.3 is 10.1 Å². The molecule has 0 aliphatic carbocycles. The zero-order valence-corrected chi connectivity index (χ0v) is 10.8. The Morgan fingerprint density at radius 1 is 1.31 bits per heavy atom. The van der Waals surface area contributed by atoms with E-state index < -0.39 is 0 Å². The van der Waals surface area contributed by atoms with Crippen LogP contribution in [0, 0.1) is 6.92 Å². The van der Waals surface area contributed by atoms with Gasteiger partial charge in [0.25, 0.3) is 0 Å². The summed E-state index contributed by atoms with van der Waals surface area (Å²) in [5.74, 6) is 1.09. The molecule has 88 valence electrons. The second-order valence-corrected chi connectivity index (χ2v) is 5.63. The van der Waals surface area contributed by atoms with Crippen LogP contribution in [0.5, 0.6) is 5.75 Å². The molecule has 1 aliphatic rings. The Bertz CT molecular complexity index is 404. The van der Waals surface area contributed by atoms with E-state index in [1.807, 2.05) is 7.05 Å². The summed E-state index contributed by atoms with van der Waals surface area (Å²) in [6.45, 7) is 9.60. The molecule has 1 unspecified atom stereocenters. The van der Waals surface area contributed by atoms with Crippen LogP contribution in [0.1, 0.15) is 43.5 Å². The number of rotatable bonds is 1. The van der Waals surface area contributed by atoms with Gasteiger partial charge in [-0.05, 0) is 19.4 Å². The monoisotopic (exact) mass is 219 g/mol. The molecule has 2 nitrogen and oxygen atoms in total. The Labute approximate surface area is 98.0 Å². The van der Waals surface area contributed by atoms with Crippen molar-refractivity contribution in [2.45, 2.75) is 39.2 Å². The Balaban J connectivity index is 2.57. The highest BCUT2D eigenvalue weighted by molar-refractivity contribution is 5.51. The number of hydrogen-bond donors (Lipinski definition) is 1. The van der Waals surface area contributed by atoms with Gasteiger partial charge in [0.15, 0.2) is 0 Å². The zero-order valence-electron chi connectivity index (χ0n) is 10.8. The molecule has 2 rings (SSSR count). The fourth-order valence-electron chi connectivity index (χ4n) is 2.27. The van der Waals surface area contributed by atoms with Gasteiger partial charge in [-0.1, -0.05) is 38.5 Å². The van der Waals surface area contributed by atoms with Gasteiger partial charge in [-0.3, -0.25) is 0 Å². The van der Waals surface area contributed by atoms with E-state index >= 15 is 0 Å². The lowest BCUT2D eigenvalue weighted by atomic mass is 9.84. The van der Waals surface area contributed by atoms with Crippen molar-refractivity contribution in [1.29, 1.82) is 0 Å². The van der Waals surface area contributed by atoms with Gasteiger partial charge in [-0.25, -0.2) is 0 Å². The average Bonchev–Trinajstić information content (AvgIpc) is 2.57. The number of fused-ring (bicyclic) bond motifs is 1. The Hall–Kier alpha value is -1.02. The Morgan fingerprint density at radius 2 is 2.00 bits per heavy atom. The molecule has 1 aromatic rings. The van der Waals surface area contributed by atoms with E-state index in [4.69, 9.17) is 4.74 Å². The van der Waals surface area contributed by atoms with E-state index in [-0.39, 0.29) is 5.41 Å². The fraction of sp³-hybridized carbons (Fsp3) is 0.571. The smallest absolute Gasteiger partial charge is 0.128 e. The molecule has 0 aromatic heterocycles. The van der Waals surface area contributed by atoms with E-state index in [1.165, 1.54) is 16.7 Å². The molecule has 0 fully saturated rings. The van der Waals surface area contributed by atoms with Crippen molar-refractivity contribution in [1.82, 2.24) is 5.32 Å². The van der Waals surface area contributed by atoms with Crippen LogP contribution in [0.15, 0.2) is 12.1 Å². The van der Waals surface area contributed by atoms with E-state index in [9.17, 15) is 0 Å². The highest BCUT2D eigenvalue weighted by atomic mass is 16.5. The third-order valence-corrected chi connectivity index (χ3v) is 3.19. The van der Waals surface area contributed by atoms with Crippen molar-refractivity contribution in [2.24, 2.45) is 0 Å². The predicted molar refractivity (Wildman–Crippen MR) is 67.2 cm³/mol. The Morgan fingerprint density at radius 3 is 2.56 bits per heavy atom. The molecule has 1 atom stereocenters. The predicted octanol–water partition coefficient (Wildman–Crippen LogP) is 2.95. The van der Waals surface area contributed by atoms with Crippen LogP contribution in [0.3, 0.4) is 0 Å². The Kier molecular flexibility index (Phi) is 2.70. The van der Waals surface area contributed by atoms with E-state index in [0.29, 0.717) is 6.04 Å².